The van der Waals surface area contributed by atoms with Gasteiger partial charge in [0.2, 0.25) is 0 Å². The maximum absolute atomic E-state index is 8.14. The summed E-state index contributed by atoms with van der Waals surface area (Å²) in [7, 11) is 0. The molecule has 0 unspecified atom stereocenters. The van der Waals surface area contributed by atoms with Crippen LogP contribution in [-0.4, -0.2) is 23.4 Å². The molecule has 0 amide bonds. The number of aliphatic hydroxyl groups excluding tert-OH is 2. The number of halogens is 2. The second-order valence-electron chi connectivity index (χ2n) is 3.15. The summed E-state index contributed by atoms with van der Waals surface area (Å²) < 4.78 is 0. The Bertz CT molecular complexity index is 56.1. The normalized spacial score (nSPS) is 7.38. The first-order valence-electron chi connectivity index (χ1n) is 3.76. The Morgan fingerprint density at radius 3 is 0.846 bits per heavy atom. The van der Waals surface area contributed by atoms with E-state index >= 15 is 0 Å². The average molecular weight is 487 g/mol. The molecule has 0 fully saturated rings. The standard InChI is InChI=1S/2C4H10O.2BrH.Hf/c2*1-4(2)3-5;;;/h2*4-5H,3H2,1-2H3;2*1H;/p-2. The molecular formula is C8H20Br2HfO2-2. The first-order chi connectivity index (χ1) is 4.54. The molecule has 0 atom stereocenters. The Kier molecular flexibility index (Phi) is 53.1. The molecule has 0 heterocycles. The van der Waals surface area contributed by atoms with Crippen LogP contribution >= 0.6 is 0 Å². The summed E-state index contributed by atoms with van der Waals surface area (Å²) >= 11 is 0. The second-order valence-corrected chi connectivity index (χ2v) is 3.15. The van der Waals surface area contributed by atoms with Gasteiger partial charge in [0.1, 0.15) is 0 Å². The van der Waals surface area contributed by atoms with Crippen molar-refractivity contribution < 1.29 is 70.0 Å². The van der Waals surface area contributed by atoms with Gasteiger partial charge in [0.05, 0.1) is 0 Å². The van der Waals surface area contributed by atoms with Gasteiger partial charge in [0.15, 0.2) is 0 Å². The molecule has 0 aromatic rings. The molecule has 2 nitrogen and oxygen atoms in total. The molecule has 0 saturated heterocycles. The molecule has 0 bridgehead atoms. The summed E-state index contributed by atoms with van der Waals surface area (Å²) in [5.41, 5.74) is 0. The van der Waals surface area contributed by atoms with Crippen molar-refractivity contribution in [1.29, 1.82) is 0 Å². The van der Waals surface area contributed by atoms with Crippen LogP contribution in [0.25, 0.3) is 0 Å². The van der Waals surface area contributed by atoms with Crippen molar-refractivity contribution in [3.63, 3.8) is 0 Å². The van der Waals surface area contributed by atoms with Crippen molar-refractivity contribution in [3.8, 4) is 0 Å². The number of rotatable bonds is 2. The zero-order valence-electron chi connectivity index (χ0n) is 8.72. The van der Waals surface area contributed by atoms with Gasteiger partial charge in [0.25, 0.3) is 0 Å². The van der Waals surface area contributed by atoms with E-state index in [2.05, 4.69) is 0 Å². The van der Waals surface area contributed by atoms with Gasteiger partial charge in [-0.2, -0.15) is 0 Å². The van der Waals surface area contributed by atoms with Crippen LogP contribution in [0.5, 0.6) is 0 Å². The van der Waals surface area contributed by atoms with Crippen molar-refractivity contribution >= 4 is 0 Å². The summed E-state index contributed by atoms with van der Waals surface area (Å²) in [5, 5.41) is 16.3. The maximum atomic E-state index is 8.14. The molecule has 0 saturated carbocycles. The summed E-state index contributed by atoms with van der Waals surface area (Å²) in [6.45, 7) is 8.50. The number of hydrogen-bond donors (Lipinski definition) is 2. The fraction of sp³-hybridized carbons (Fsp3) is 1.00. The zero-order chi connectivity index (χ0) is 8.57. The molecule has 0 aromatic heterocycles. The van der Waals surface area contributed by atoms with Crippen molar-refractivity contribution in [2.24, 2.45) is 11.8 Å². The molecule has 13 heavy (non-hydrogen) atoms. The van der Waals surface area contributed by atoms with Crippen LogP contribution in [0.3, 0.4) is 0 Å². The number of aliphatic hydroxyl groups is 2. The van der Waals surface area contributed by atoms with E-state index in [1.54, 1.807) is 0 Å². The van der Waals surface area contributed by atoms with E-state index in [0.717, 1.165) is 0 Å². The first-order valence-corrected chi connectivity index (χ1v) is 3.76. The predicted octanol–water partition coefficient (Wildman–Crippen LogP) is -4.73. The van der Waals surface area contributed by atoms with Crippen LogP contribution in [0.1, 0.15) is 27.7 Å². The largest absolute Gasteiger partial charge is 1.00 e. The van der Waals surface area contributed by atoms with Gasteiger partial charge < -0.3 is 44.2 Å². The van der Waals surface area contributed by atoms with E-state index < -0.39 is 0 Å². The molecule has 2 N–H and O–H groups in total. The maximum Gasteiger partial charge on any atom is 0.0453 e. The molecular weight excluding hydrogens is 466 g/mol. The summed E-state index contributed by atoms with van der Waals surface area (Å²) in [4.78, 5) is 0. The van der Waals surface area contributed by atoms with Gasteiger partial charge >= 0.3 is 0 Å². The quantitative estimate of drug-likeness (QED) is 0.385. The first kappa shape index (κ1) is 29.3. The summed E-state index contributed by atoms with van der Waals surface area (Å²) in [6, 6.07) is 0. The van der Waals surface area contributed by atoms with Crippen LogP contribution < -0.4 is 34.0 Å². The van der Waals surface area contributed by atoms with E-state index in [1.165, 1.54) is 0 Å². The van der Waals surface area contributed by atoms with Crippen LogP contribution in [0.15, 0.2) is 0 Å². The van der Waals surface area contributed by atoms with E-state index in [1.807, 2.05) is 27.7 Å². The number of hydrogen-bond acceptors (Lipinski definition) is 2. The van der Waals surface area contributed by atoms with E-state index in [0.29, 0.717) is 25.0 Å². The molecule has 84 valence electrons. The van der Waals surface area contributed by atoms with Gasteiger partial charge in [-0.05, 0) is 11.8 Å². The third-order valence-corrected chi connectivity index (χ3v) is 0.730. The van der Waals surface area contributed by atoms with Crippen molar-refractivity contribution in [3.05, 3.63) is 0 Å². The van der Waals surface area contributed by atoms with Crippen LogP contribution in [-0.2, 0) is 25.8 Å². The van der Waals surface area contributed by atoms with Crippen LogP contribution in [0, 0.1) is 11.8 Å². The van der Waals surface area contributed by atoms with Gasteiger partial charge in [-0.25, -0.2) is 0 Å². The molecule has 0 aromatic carbocycles. The van der Waals surface area contributed by atoms with E-state index in [-0.39, 0.29) is 59.8 Å². The average Bonchev–Trinajstić information content (AvgIpc) is 1.89. The van der Waals surface area contributed by atoms with Crippen molar-refractivity contribution in [2.45, 2.75) is 27.7 Å². The smallest absolute Gasteiger partial charge is 0.0453 e. The SMILES string of the molecule is CC(C)CO.CC(C)CO.[Br-].[Br-].[Hf]. The molecule has 5 heteroatoms. The second kappa shape index (κ2) is 23.5. The topological polar surface area (TPSA) is 40.5 Å². The Morgan fingerprint density at radius 2 is 0.846 bits per heavy atom. The Morgan fingerprint density at radius 1 is 0.769 bits per heavy atom. The minimum absolute atomic E-state index is 0. The minimum atomic E-state index is 0. The molecule has 0 aliphatic carbocycles. The van der Waals surface area contributed by atoms with Gasteiger partial charge in [-0.1, -0.05) is 27.7 Å². The minimum Gasteiger partial charge on any atom is -1.00 e. The third kappa shape index (κ3) is 57.4. The monoisotopic (exact) mass is 486 g/mol. The fourth-order valence-corrected chi connectivity index (χ4v) is 0. The van der Waals surface area contributed by atoms with Gasteiger partial charge in [-0.15, -0.1) is 0 Å². The van der Waals surface area contributed by atoms with E-state index in [9.17, 15) is 0 Å². The predicted molar refractivity (Wildman–Crippen MR) is 43.8 cm³/mol. The fourth-order valence-electron chi connectivity index (χ4n) is 0. The molecule has 0 aliphatic heterocycles. The Balaban J connectivity index is -0.0000000267. The van der Waals surface area contributed by atoms with Crippen molar-refractivity contribution in [2.75, 3.05) is 13.2 Å². The zero-order valence-corrected chi connectivity index (χ0v) is 15.5. The summed E-state index contributed by atoms with van der Waals surface area (Å²) in [5.74, 6) is 0.880. The van der Waals surface area contributed by atoms with Gasteiger partial charge in [0, 0.05) is 39.1 Å². The Labute approximate surface area is 122 Å². The molecule has 0 aliphatic rings. The van der Waals surface area contributed by atoms with Crippen LogP contribution in [0.2, 0.25) is 0 Å². The van der Waals surface area contributed by atoms with Crippen molar-refractivity contribution in [1.82, 2.24) is 0 Å². The van der Waals surface area contributed by atoms with Gasteiger partial charge in [-0.3, -0.25) is 0 Å². The summed E-state index contributed by atoms with van der Waals surface area (Å²) in [6.07, 6.45) is 0. The molecule has 0 rings (SSSR count). The van der Waals surface area contributed by atoms with Crippen LogP contribution in [0.4, 0.5) is 0 Å². The molecule has 0 spiro atoms. The Hall–Kier alpha value is 1.75. The van der Waals surface area contributed by atoms with E-state index in [4.69, 9.17) is 10.2 Å². The third-order valence-electron chi connectivity index (χ3n) is 0.730. The molecule has 0 radical (unpaired) electrons.